The Morgan fingerprint density at radius 3 is 1.38 bits per heavy atom. The average molecular weight is 1100 g/mol. The van der Waals surface area contributed by atoms with Crippen molar-refractivity contribution in [2.45, 2.75) is 352 Å². The minimum Gasteiger partial charge on any atom is -0.454 e. The zero-order chi connectivity index (χ0) is 56.8. The van der Waals surface area contributed by atoms with Crippen LogP contribution in [0.5, 0.6) is 0 Å². The van der Waals surface area contributed by atoms with Crippen LogP contribution < -0.4 is 5.32 Å². The van der Waals surface area contributed by atoms with Gasteiger partial charge in [-0.1, -0.05) is 288 Å². The molecule has 1 aliphatic heterocycles. The number of esters is 1. The zero-order valence-electron chi connectivity index (χ0n) is 50.5. The van der Waals surface area contributed by atoms with Crippen molar-refractivity contribution < 1.29 is 49.3 Å². The van der Waals surface area contributed by atoms with Crippen molar-refractivity contribution in [3.63, 3.8) is 0 Å². The second-order valence-corrected chi connectivity index (χ2v) is 22.8. The van der Waals surface area contributed by atoms with Crippen molar-refractivity contribution in [2.75, 3.05) is 13.2 Å². The van der Waals surface area contributed by atoms with E-state index in [0.717, 1.165) is 77.0 Å². The summed E-state index contributed by atoms with van der Waals surface area (Å²) in [5, 5.41) is 57.0. The van der Waals surface area contributed by atoms with E-state index in [9.17, 15) is 35.1 Å². The lowest BCUT2D eigenvalue weighted by Gasteiger charge is -2.41. The predicted molar refractivity (Wildman–Crippen MR) is 324 cm³/mol. The van der Waals surface area contributed by atoms with E-state index in [4.69, 9.17) is 14.2 Å². The fourth-order valence-electron chi connectivity index (χ4n) is 10.3. The molecule has 1 amide bonds. The molecule has 11 heteroatoms. The zero-order valence-corrected chi connectivity index (χ0v) is 50.5. The fourth-order valence-corrected chi connectivity index (χ4v) is 10.3. The van der Waals surface area contributed by atoms with Crippen molar-refractivity contribution in [2.24, 2.45) is 0 Å². The Labute approximate surface area is 478 Å². The van der Waals surface area contributed by atoms with Gasteiger partial charge >= 0.3 is 5.97 Å². The third-order valence-electron chi connectivity index (χ3n) is 15.5. The van der Waals surface area contributed by atoms with Crippen LogP contribution in [0.15, 0.2) is 48.6 Å². The molecule has 0 aromatic heterocycles. The molecule has 1 heterocycles. The summed E-state index contributed by atoms with van der Waals surface area (Å²) in [7, 11) is 0. The van der Waals surface area contributed by atoms with Crippen LogP contribution in [0.3, 0.4) is 0 Å². The van der Waals surface area contributed by atoms with E-state index < -0.39 is 67.4 Å². The van der Waals surface area contributed by atoms with Crippen LogP contribution in [0.25, 0.3) is 0 Å². The molecule has 0 aliphatic carbocycles. The quantitative estimate of drug-likeness (QED) is 0.0195. The van der Waals surface area contributed by atoms with Crippen LogP contribution in [-0.2, 0) is 23.8 Å². The highest BCUT2D eigenvalue weighted by atomic mass is 16.7. The Balaban J connectivity index is 2.60. The maximum Gasteiger partial charge on any atom is 0.306 e. The smallest absolute Gasteiger partial charge is 0.306 e. The number of carbonyl (C=O) groups is 2. The third kappa shape index (κ3) is 42.5. The first-order valence-electron chi connectivity index (χ1n) is 32.9. The largest absolute Gasteiger partial charge is 0.454 e. The van der Waals surface area contributed by atoms with Crippen LogP contribution >= 0.6 is 0 Å². The second-order valence-electron chi connectivity index (χ2n) is 22.8. The lowest BCUT2D eigenvalue weighted by Crippen LogP contribution is -2.61. The van der Waals surface area contributed by atoms with Crippen molar-refractivity contribution in [3.8, 4) is 0 Å². The van der Waals surface area contributed by atoms with Gasteiger partial charge in [0.15, 0.2) is 12.4 Å². The Kier molecular flexibility index (Phi) is 52.1. The Bertz CT molecular complexity index is 1450. The lowest BCUT2D eigenvalue weighted by atomic mass is 9.99. The second kappa shape index (κ2) is 55.2. The van der Waals surface area contributed by atoms with Gasteiger partial charge in [-0.15, -0.1) is 0 Å². The van der Waals surface area contributed by atoms with Gasteiger partial charge in [-0.2, -0.15) is 0 Å². The number of rotatable bonds is 56. The van der Waals surface area contributed by atoms with Gasteiger partial charge in [-0.3, -0.25) is 9.59 Å². The Morgan fingerprint density at radius 1 is 0.513 bits per heavy atom. The molecule has 0 aromatic rings. The maximum atomic E-state index is 13.4. The van der Waals surface area contributed by atoms with Gasteiger partial charge in [-0.05, 0) is 57.8 Å². The van der Waals surface area contributed by atoms with Crippen LogP contribution in [0, 0.1) is 0 Å². The first-order chi connectivity index (χ1) is 38.2. The van der Waals surface area contributed by atoms with E-state index in [1.54, 1.807) is 6.08 Å². The molecule has 8 unspecified atom stereocenters. The standard InChI is InChI=1S/C67H123NO10/c1-4-7-10-13-16-19-22-25-26-27-28-29-30-31-32-33-34-37-40-43-46-49-52-55-62(72)78-65-64(74)63(73)61(56-69)77-67(65)76-57-58(59(70)53-50-47-44-41-38-35-23-20-17-14-11-8-5-2)68-66(75)60(71)54-51-48-45-42-39-36-24-21-18-15-12-9-6-3/h9,12,18,21,36,39,50,53,58-61,63-65,67,69-71,73-74H,4-8,10-11,13-17,19-20,22-35,37-38,40-49,51-52,54-57H2,1-3H3,(H,68,75)/b12-9+,21-18+,39-36+,53-50+. The van der Waals surface area contributed by atoms with E-state index >= 15 is 0 Å². The van der Waals surface area contributed by atoms with Crippen molar-refractivity contribution in [3.05, 3.63) is 48.6 Å². The van der Waals surface area contributed by atoms with E-state index in [1.807, 2.05) is 6.08 Å². The van der Waals surface area contributed by atoms with Crippen molar-refractivity contribution in [1.82, 2.24) is 5.32 Å². The minimum absolute atomic E-state index is 0.125. The van der Waals surface area contributed by atoms with Crippen LogP contribution in [0.4, 0.5) is 0 Å². The molecule has 1 saturated heterocycles. The lowest BCUT2D eigenvalue weighted by molar-refractivity contribution is -0.305. The molecular weight excluding hydrogens is 979 g/mol. The van der Waals surface area contributed by atoms with E-state index in [0.29, 0.717) is 12.8 Å². The Morgan fingerprint density at radius 2 is 0.923 bits per heavy atom. The summed E-state index contributed by atoms with van der Waals surface area (Å²) < 4.78 is 17.6. The number of ether oxygens (including phenoxy) is 3. The number of carbonyl (C=O) groups excluding carboxylic acids is 2. The number of unbranched alkanes of at least 4 members (excludes halogenated alkanes) is 36. The predicted octanol–water partition coefficient (Wildman–Crippen LogP) is 16.0. The molecule has 1 fully saturated rings. The van der Waals surface area contributed by atoms with Gasteiger partial charge in [-0.25, -0.2) is 0 Å². The molecule has 0 bridgehead atoms. The van der Waals surface area contributed by atoms with Gasteiger partial charge in [0.25, 0.3) is 0 Å². The number of hydrogen-bond acceptors (Lipinski definition) is 10. The van der Waals surface area contributed by atoms with Gasteiger partial charge in [0.2, 0.25) is 5.91 Å². The number of allylic oxidation sites excluding steroid dienone is 7. The molecule has 0 radical (unpaired) electrons. The summed E-state index contributed by atoms with van der Waals surface area (Å²) in [6.45, 7) is 5.69. The number of hydrogen-bond donors (Lipinski definition) is 6. The van der Waals surface area contributed by atoms with Crippen LogP contribution in [-0.4, -0.2) is 99.6 Å². The summed E-state index contributed by atoms with van der Waals surface area (Å²) in [4.78, 5) is 26.6. The van der Waals surface area contributed by atoms with E-state index in [2.05, 4.69) is 62.5 Å². The molecule has 0 aromatic carbocycles. The molecule has 0 spiro atoms. The van der Waals surface area contributed by atoms with Gasteiger partial charge in [0.1, 0.15) is 24.4 Å². The minimum atomic E-state index is -1.62. The first kappa shape index (κ1) is 73.6. The summed E-state index contributed by atoms with van der Waals surface area (Å²) in [5.74, 6) is -1.21. The molecule has 6 N–H and O–H groups in total. The van der Waals surface area contributed by atoms with Gasteiger partial charge < -0.3 is 45.1 Å². The Hall–Kier alpha value is -2.38. The monoisotopic (exact) mass is 1100 g/mol. The summed E-state index contributed by atoms with van der Waals surface area (Å²) in [5.41, 5.74) is 0. The topological polar surface area (TPSA) is 175 Å². The van der Waals surface area contributed by atoms with Gasteiger partial charge in [0.05, 0.1) is 25.4 Å². The van der Waals surface area contributed by atoms with Crippen LogP contribution in [0.2, 0.25) is 0 Å². The molecule has 1 rings (SSSR count). The van der Waals surface area contributed by atoms with Crippen molar-refractivity contribution >= 4 is 11.9 Å². The fraction of sp³-hybridized carbons (Fsp3) is 0.851. The molecular formula is C67H123NO10. The summed E-state index contributed by atoms with van der Waals surface area (Å²) in [6, 6.07) is -1.03. The highest BCUT2D eigenvalue weighted by molar-refractivity contribution is 5.80. The molecule has 11 nitrogen and oxygen atoms in total. The molecule has 8 atom stereocenters. The number of aliphatic hydroxyl groups is 5. The molecule has 456 valence electrons. The van der Waals surface area contributed by atoms with Crippen molar-refractivity contribution in [1.29, 1.82) is 0 Å². The summed E-state index contributed by atoms with van der Waals surface area (Å²) in [6.07, 6.45) is 57.3. The third-order valence-corrected chi connectivity index (χ3v) is 15.5. The molecule has 78 heavy (non-hydrogen) atoms. The van der Waals surface area contributed by atoms with E-state index in [-0.39, 0.29) is 19.4 Å². The maximum absolute atomic E-state index is 13.4. The highest BCUT2D eigenvalue weighted by Crippen LogP contribution is 2.26. The number of aliphatic hydroxyl groups excluding tert-OH is 5. The number of amides is 1. The molecule has 1 aliphatic rings. The first-order valence-corrected chi connectivity index (χ1v) is 32.9. The highest BCUT2D eigenvalue weighted by Gasteiger charge is 2.47. The normalized spacial score (nSPS) is 19.2. The van der Waals surface area contributed by atoms with E-state index in [1.165, 1.54) is 180 Å². The summed E-state index contributed by atoms with van der Waals surface area (Å²) >= 11 is 0. The van der Waals surface area contributed by atoms with Gasteiger partial charge in [0, 0.05) is 6.42 Å². The van der Waals surface area contributed by atoms with Crippen LogP contribution in [0.1, 0.15) is 303 Å². The SMILES string of the molecule is CC/C=C/C/C=C/C/C=C/CCCCCC(O)C(=O)NC(COC1OC(CO)C(O)C(O)C1OC(=O)CCCCCCCCCCCCCCCCCCCCCCCCC)C(O)/C=C/CCCCCCCCCCCCC. The molecule has 0 saturated carbocycles. The average Bonchev–Trinajstić information content (AvgIpc) is 3.44. The number of nitrogens with one attached hydrogen (secondary N) is 1.